The number of hydrogen-bond donors (Lipinski definition) is 0. The second-order valence-electron chi connectivity index (χ2n) is 2.39. The second-order valence-corrected chi connectivity index (χ2v) is 2.39. The van der Waals surface area contributed by atoms with Crippen LogP contribution in [0.3, 0.4) is 0 Å². The maximum Gasteiger partial charge on any atom is 0.347 e. The lowest BCUT2D eigenvalue weighted by Crippen LogP contribution is -2.25. The number of ether oxygens (including phenoxy) is 2. The van der Waals surface area contributed by atoms with Gasteiger partial charge in [0.25, 0.3) is 6.47 Å². The predicted molar refractivity (Wildman–Crippen MR) is 42.5 cm³/mol. The number of hydrogen-bond acceptors (Lipinski definition) is 4. The van der Waals surface area contributed by atoms with Gasteiger partial charge in [0.1, 0.15) is 0 Å². The quantitative estimate of drug-likeness (QED) is 0.443. The fourth-order valence-electron chi connectivity index (χ4n) is 0.829. The minimum Gasteiger partial charge on any atom is -0.466 e. The summed E-state index contributed by atoms with van der Waals surface area (Å²) in [6.07, 6.45) is 1.60. The van der Waals surface area contributed by atoms with Crippen LogP contribution in [0.4, 0.5) is 0 Å². The molecule has 0 aliphatic rings. The molecule has 0 fully saturated rings. The van der Waals surface area contributed by atoms with Gasteiger partial charge in [-0.2, -0.15) is 0 Å². The van der Waals surface area contributed by atoms with Gasteiger partial charge in [-0.15, -0.1) is 0 Å². The molecule has 12 heavy (non-hydrogen) atoms. The summed E-state index contributed by atoms with van der Waals surface area (Å²) in [5.41, 5.74) is 0. The van der Waals surface area contributed by atoms with E-state index in [1.807, 2.05) is 6.92 Å². The maximum absolute atomic E-state index is 10.9. The van der Waals surface area contributed by atoms with Gasteiger partial charge in [0, 0.05) is 0 Å². The van der Waals surface area contributed by atoms with Crippen LogP contribution in [0.25, 0.3) is 0 Å². The van der Waals surface area contributed by atoms with Crippen LogP contribution in [0.5, 0.6) is 0 Å². The van der Waals surface area contributed by atoms with E-state index in [4.69, 9.17) is 0 Å². The first-order valence-corrected chi connectivity index (χ1v) is 3.93. The van der Waals surface area contributed by atoms with Crippen molar-refractivity contribution in [3.8, 4) is 0 Å². The fraction of sp³-hybridized carbons (Fsp3) is 0.750. The zero-order chi connectivity index (χ0) is 9.40. The zero-order valence-corrected chi connectivity index (χ0v) is 7.41. The van der Waals surface area contributed by atoms with E-state index in [-0.39, 0.29) is 6.47 Å². The van der Waals surface area contributed by atoms with Crippen molar-refractivity contribution in [2.24, 2.45) is 0 Å². The molecule has 0 aliphatic heterocycles. The molecule has 0 heterocycles. The number of methoxy groups -OCH3 is 1. The number of carbonyl (C=O) groups excluding carboxylic acids is 2. The van der Waals surface area contributed by atoms with E-state index in [2.05, 4.69) is 9.47 Å². The van der Waals surface area contributed by atoms with E-state index >= 15 is 0 Å². The molecule has 0 aromatic rings. The number of esters is 1. The van der Waals surface area contributed by atoms with Crippen molar-refractivity contribution in [1.82, 2.24) is 0 Å². The molecule has 1 unspecified atom stereocenters. The molecule has 0 aromatic heterocycles. The van der Waals surface area contributed by atoms with Crippen molar-refractivity contribution in [3.05, 3.63) is 0 Å². The molecular weight excluding hydrogens is 160 g/mol. The average Bonchev–Trinajstić information content (AvgIpc) is 2.11. The highest BCUT2D eigenvalue weighted by Crippen LogP contribution is 2.05. The van der Waals surface area contributed by atoms with Crippen LogP contribution < -0.4 is 0 Å². The van der Waals surface area contributed by atoms with Gasteiger partial charge in [-0.3, -0.25) is 4.79 Å². The Labute approximate surface area is 71.8 Å². The minimum absolute atomic E-state index is 0.275. The number of unbranched alkanes of at least 4 members (excludes halogenated alkanes) is 1. The molecule has 70 valence electrons. The van der Waals surface area contributed by atoms with Crippen molar-refractivity contribution in [3.63, 3.8) is 0 Å². The summed E-state index contributed by atoms with van der Waals surface area (Å²) in [5, 5.41) is 0. The monoisotopic (exact) mass is 174 g/mol. The maximum atomic E-state index is 10.9. The molecule has 0 N–H and O–H groups in total. The summed E-state index contributed by atoms with van der Waals surface area (Å²) in [7, 11) is 1.27. The molecule has 0 rings (SSSR count). The van der Waals surface area contributed by atoms with Gasteiger partial charge >= 0.3 is 5.97 Å². The zero-order valence-electron chi connectivity index (χ0n) is 7.41. The summed E-state index contributed by atoms with van der Waals surface area (Å²) >= 11 is 0. The van der Waals surface area contributed by atoms with E-state index in [0.717, 1.165) is 12.8 Å². The summed E-state index contributed by atoms with van der Waals surface area (Å²) in [5.74, 6) is -0.490. The Morgan fingerprint density at radius 1 is 1.58 bits per heavy atom. The Bertz CT molecular complexity index is 144. The summed E-state index contributed by atoms with van der Waals surface area (Å²) in [4.78, 5) is 20.9. The average molecular weight is 174 g/mol. The number of carbonyl (C=O) groups is 2. The van der Waals surface area contributed by atoms with E-state index in [9.17, 15) is 9.59 Å². The van der Waals surface area contributed by atoms with Gasteiger partial charge in [-0.25, -0.2) is 4.79 Å². The van der Waals surface area contributed by atoms with Gasteiger partial charge < -0.3 is 9.47 Å². The molecule has 1 atom stereocenters. The number of rotatable bonds is 6. The fourth-order valence-corrected chi connectivity index (χ4v) is 0.829. The highest BCUT2D eigenvalue weighted by Gasteiger charge is 2.18. The molecule has 0 saturated heterocycles. The van der Waals surface area contributed by atoms with Gasteiger partial charge in [0.2, 0.25) is 0 Å². The lowest BCUT2D eigenvalue weighted by molar-refractivity contribution is -0.159. The van der Waals surface area contributed by atoms with Crippen LogP contribution in [-0.4, -0.2) is 25.7 Å². The molecule has 0 aromatic carbocycles. The third-order valence-electron chi connectivity index (χ3n) is 1.50. The summed E-state index contributed by atoms with van der Waals surface area (Å²) in [6, 6.07) is 0. The minimum atomic E-state index is -0.729. The van der Waals surface area contributed by atoms with Gasteiger partial charge in [-0.1, -0.05) is 13.3 Å². The van der Waals surface area contributed by atoms with Gasteiger partial charge in [0.15, 0.2) is 6.10 Å². The SMILES string of the molecule is CCCCC(OC=O)C(=O)OC. The first-order valence-electron chi connectivity index (χ1n) is 3.93. The van der Waals surface area contributed by atoms with E-state index < -0.39 is 12.1 Å². The largest absolute Gasteiger partial charge is 0.466 e. The third-order valence-corrected chi connectivity index (χ3v) is 1.50. The molecule has 4 heteroatoms. The molecule has 0 bridgehead atoms. The standard InChI is InChI=1S/C8H14O4/c1-3-4-5-7(12-6-9)8(10)11-2/h6-7H,3-5H2,1-2H3. The van der Waals surface area contributed by atoms with Gasteiger partial charge in [-0.05, 0) is 12.8 Å². The molecular formula is C8H14O4. The van der Waals surface area contributed by atoms with Crippen LogP contribution in [0.1, 0.15) is 26.2 Å². The molecule has 0 saturated carbocycles. The van der Waals surface area contributed by atoms with Crippen LogP contribution in [-0.2, 0) is 19.1 Å². The van der Waals surface area contributed by atoms with Crippen LogP contribution in [0.15, 0.2) is 0 Å². The van der Waals surface area contributed by atoms with Gasteiger partial charge in [0.05, 0.1) is 7.11 Å². The van der Waals surface area contributed by atoms with Crippen molar-refractivity contribution >= 4 is 12.4 Å². The lowest BCUT2D eigenvalue weighted by Gasteiger charge is -2.11. The third kappa shape index (κ3) is 3.95. The topological polar surface area (TPSA) is 52.6 Å². The normalized spacial score (nSPS) is 11.8. The molecule has 4 nitrogen and oxygen atoms in total. The Morgan fingerprint density at radius 2 is 2.25 bits per heavy atom. The first kappa shape index (κ1) is 10.9. The van der Waals surface area contributed by atoms with Crippen molar-refractivity contribution < 1.29 is 19.1 Å². The predicted octanol–water partition coefficient (Wildman–Crippen LogP) is 0.891. The van der Waals surface area contributed by atoms with Crippen molar-refractivity contribution in [2.45, 2.75) is 32.3 Å². The lowest BCUT2D eigenvalue weighted by atomic mass is 10.2. The Kier molecular flexibility index (Phi) is 6.05. The summed E-state index contributed by atoms with van der Waals surface area (Å²) in [6.45, 7) is 2.27. The first-order chi connectivity index (χ1) is 5.76. The van der Waals surface area contributed by atoms with Crippen molar-refractivity contribution in [1.29, 1.82) is 0 Å². The molecule has 0 aliphatic carbocycles. The summed E-state index contributed by atoms with van der Waals surface area (Å²) < 4.78 is 8.98. The Morgan fingerprint density at radius 3 is 2.67 bits per heavy atom. The van der Waals surface area contributed by atoms with Crippen LogP contribution in [0, 0.1) is 0 Å². The van der Waals surface area contributed by atoms with E-state index in [1.165, 1.54) is 7.11 Å². The van der Waals surface area contributed by atoms with Crippen molar-refractivity contribution in [2.75, 3.05) is 7.11 Å². The van der Waals surface area contributed by atoms with Crippen LogP contribution in [0.2, 0.25) is 0 Å². The molecule has 0 radical (unpaired) electrons. The van der Waals surface area contributed by atoms with E-state index in [0.29, 0.717) is 6.42 Å². The molecule has 0 amide bonds. The Balaban J connectivity index is 3.84. The molecule has 0 spiro atoms. The van der Waals surface area contributed by atoms with Crippen LogP contribution >= 0.6 is 0 Å². The highest BCUT2D eigenvalue weighted by atomic mass is 16.6. The second kappa shape index (κ2) is 6.64. The van der Waals surface area contributed by atoms with E-state index in [1.54, 1.807) is 0 Å². The smallest absolute Gasteiger partial charge is 0.347 e. The Hall–Kier alpha value is -1.06. The highest BCUT2D eigenvalue weighted by molar-refractivity contribution is 5.75.